The SMILES string of the molecule is Cc1sc2nc([C@@H](C)OC(=O)c3cc(Cl)cc(Cl)c3)[nH]c(=O)c2c1C. The Balaban J connectivity index is 1.90. The Morgan fingerprint density at radius 2 is 1.88 bits per heavy atom. The van der Waals surface area contributed by atoms with Gasteiger partial charge < -0.3 is 9.72 Å². The molecule has 0 aliphatic carbocycles. The molecule has 0 radical (unpaired) electrons. The fourth-order valence-corrected chi connectivity index (χ4v) is 3.98. The summed E-state index contributed by atoms with van der Waals surface area (Å²) in [5, 5.41) is 1.25. The Hall–Kier alpha value is -1.89. The fourth-order valence-electron chi connectivity index (χ4n) is 2.42. The number of rotatable bonds is 3. The van der Waals surface area contributed by atoms with Crippen molar-refractivity contribution in [3.63, 3.8) is 0 Å². The van der Waals surface area contributed by atoms with E-state index in [2.05, 4.69) is 9.97 Å². The molecule has 8 heteroatoms. The lowest BCUT2D eigenvalue weighted by atomic mass is 10.2. The van der Waals surface area contributed by atoms with E-state index in [1.165, 1.54) is 29.5 Å². The van der Waals surface area contributed by atoms with Gasteiger partial charge in [0.25, 0.3) is 5.56 Å². The molecule has 25 heavy (non-hydrogen) atoms. The number of ether oxygens (including phenoxy) is 1. The molecule has 0 saturated carbocycles. The average Bonchev–Trinajstić information content (AvgIpc) is 2.81. The summed E-state index contributed by atoms with van der Waals surface area (Å²) in [6.45, 7) is 5.46. The molecule has 1 aromatic carbocycles. The molecule has 1 atom stereocenters. The number of carbonyl (C=O) groups excluding carboxylic acids is 1. The Morgan fingerprint density at radius 3 is 2.52 bits per heavy atom. The Labute approximate surface area is 157 Å². The first-order chi connectivity index (χ1) is 11.8. The molecule has 2 heterocycles. The van der Waals surface area contributed by atoms with Gasteiger partial charge >= 0.3 is 5.97 Å². The highest BCUT2D eigenvalue weighted by atomic mass is 35.5. The van der Waals surface area contributed by atoms with Gasteiger partial charge in [-0.1, -0.05) is 23.2 Å². The molecule has 5 nitrogen and oxygen atoms in total. The molecule has 0 fully saturated rings. The second-order valence-electron chi connectivity index (χ2n) is 5.62. The van der Waals surface area contributed by atoms with Crippen LogP contribution in [0.3, 0.4) is 0 Å². The molecular formula is C17H14Cl2N2O3S. The van der Waals surface area contributed by atoms with Crippen molar-refractivity contribution in [1.82, 2.24) is 9.97 Å². The molecule has 3 aromatic rings. The minimum Gasteiger partial charge on any atom is -0.451 e. The summed E-state index contributed by atoms with van der Waals surface area (Å²) in [6.07, 6.45) is -0.731. The first kappa shape index (κ1) is 17.9. The number of aryl methyl sites for hydroxylation is 2. The van der Waals surface area contributed by atoms with E-state index < -0.39 is 12.1 Å². The maximum absolute atomic E-state index is 12.3. The van der Waals surface area contributed by atoms with E-state index in [4.69, 9.17) is 27.9 Å². The molecule has 0 unspecified atom stereocenters. The van der Waals surface area contributed by atoms with Crippen LogP contribution in [0.1, 0.15) is 39.7 Å². The van der Waals surface area contributed by atoms with Crippen LogP contribution in [0.4, 0.5) is 0 Å². The van der Waals surface area contributed by atoms with E-state index in [1.54, 1.807) is 6.92 Å². The summed E-state index contributed by atoms with van der Waals surface area (Å²) >= 11 is 13.2. The minimum atomic E-state index is -0.731. The third-order valence-corrected chi connectivity index (χ3v) is 5.36. The van der Waals surface area contributed by atoms with Crippen LogP contribution in [-0.4, -0.2) is 15.9 Å². The molecule has 0 aliphatic rings. The number of nitrogens with one attached hydrogen (secondary N) is 1. The number of thiophene rings is 1. The third-order valence-electron chi connectivity index (χ3n) is 3.82. The van der Waals surface area contributed by atoms with E-state index in [-0.39, 0.29) is 11.1 Å². The van der Waals surface area contributed by atoms with E-state index in [1.807, 2.05) is 13.8 Å². The number of halogens is 2. The lowest BCUT2D eigenvalue weighted by Crippen LogP contribution is -2.17. The average molecular weight is 397 g/mol. The highest BCUT2D eigenvalue weighted by Gasteiger charge is 2.19. The van der Waals surface area contributed by atoms with Gasteiger partial charge in [-0.25, -0.2) is 9.78 Å². The van der Waals surface area contributed by atoms with Crippen molar-refractivity contribution in [2.45, 2.75) is 26.9 Å². The highest BCUT2D eigenvalue weighted by molar-refractivity contribution is 7.18. The first-order valence-electron chi connectivity index (χ1n) is 7.43. The van der Waals surface area contributed by atoms with Crippen molar-refractivity contribution in [2.24, 2.45) is 0 Å². The van der Waals surface area contributed by atoms with Crippen molar-refractivity contribution < 1.29 is 9.53 Å². The van der Waals surface area contributed by atoms with Crippen molar-refractivity contribution in [3.8, 4) is 0 Å². The van der Waals surface area contributed by atoms with Gasteiger partial charge in [-0.15, -0.1) is 11.3 Å². The third kappa shape index (κ3) is 3.56. The van der Waals surface area contributed by atoms with Gasteiger partial charge in [0.1, 0.15) is 4.83 Å². The Bertz CT molecular complexity index is 1020. The van der Waals surface area contributed by atoms with Crippen molar-refractivity contribution in [2.75, 3.05) is 0 Å². The lowest BCUT2D eigenvalue weighted by molar-refractivity contribution is 0.0320. The molecule has 1 N–H and O–H groups in total. The summed E-state index contributed by atoms with van der Waals surface area (Å²) in [5.41, 5.74) is 0.907. The number of esters is 1. The number of carbonyl (C=O) groups is 1. The smallest absolute Gasteiger partial charge is 0.338 e. The molecule has 130 valence electrons. The Morgan fingerprint density at radius 1 is 1.24 bits per heavy atom. The van der Waals surface area contributed by atoms with E-state index in [9.17, 15) is 9.59 Å². The standard InChI is InChI=1S/C17H14Cl2N2O3S/c1-7-9(3)25-16-13(7)15(22)20-14(21-16)8(2)24-17(23)10-4-11(18)6-12(19)5-10/h4-6,8H,1-3H3,(H,20,21,22)/t8-/m1/s1. The maximum atomic E-state index is 12.3. The Kier molecular flexibility index (Phi) is 4.86. The normalized spacial score (nSPS) is 12.4. The number of aromatic nitrogens is 2. The van der Waals surface area contributed by atoms with Gasteiger partial charge in [0, 0.05) is 14.9 Å². The quantitative estimate of drug-likeness (QED) is 0.643. The van der Waals surface area contributed by atoms with Gasteiger partial charge in [-0.05, 0) is 44.5 Å². The van der Waals surface area contributed by atoms with Crippen LogP contribution in [0.2, 0.25) is 10.0 Å². The number of hydrogen-bond acceptors (Lipinski definition) is 5. The first-order valence-corrected chi connectivity index (χ1v) is 9.00. The number of nitrogens with zero attached hydrogens (tertiary/aromatic N) is 1. The molecular weight excluding hydrogens is 383 g/mol. The number of fused-ring (bicyclic) bond motifs is 1. The molecule has 0 aliphatic heterocycles. The lowest BCUT2D eigenvalue weighted by Gasteiger charge is -2.13. The second kappa shape index (κ2) is 6.78. The van der Waals surface area contributed by atoms with Crippen LogP contribution in [0.15, 0.2) is 23.0 Å². The van der Waals surface area contributed by atoms with Crippen LogP contribution in [0.25, 0.3) is 10.2 Å². The zero-order chi connectivity index (χ0) is 18.3. The van der Waals surface area contributed by atoms with Gasteiger partial charge in [0.05, 0.1) is 10.9 Å². The number of H-pyrrole nitrogens is 1. The van der Waals surface area contributed by atoms with E-state index in [0.717, 1.165) is 10.4 Å². The maximum Gasteiger partial charge on any atom is 0.338 e. The molecule has 2 aromatic heterocycles. The van der Waals surface area contributed by atoms with Crippen molar-refractivity contribution in [1.29, 1.82) is 0 Å². The summed E-state index contributed by atoms with van der Waals surface area (Å²) < 4.78 is 5.39. The topological polar surface area (TPSA) is 72.0 Å². The monoisotopic (exact) mass is 396 g/mol. The van der Waals surface area contributed by atoms with Gasteiger partial charge in [-0.3, -0.25) is 4.79 Å². The summed E-state index contributed by atoms with van der Waals surface area (Å²) in [5.74, 6) is -0.307. The molecule has 0 saturated heterocycles. The highest BCUT2D eigenvalue weighted by Crippen LogP contribution is 2.27. The zero-order valence-corrected chi connectivity index (χ0v) is 16.0. The van der Waals surface area contributed by atoms with Gasteiger partial charge in [-0.2, -0.15) is 0 Å². The van der Waals surface area contributed by atoms with Gasteiger partial charge in [0.15, 0.2) is 11.9 Å². The summed E-state index contributed by atoms with van der Waals surface area (Å²) in [7, 11) is 0. The molecule has 0 amide bonds. The largest absolute Gasteiger partial charge is 0.451 e. The predicted octanol–water partition coefficient (Wildman–Crippen LogP) is 4.83. The number of hydrogen-bond donors (Lipinski definition) is 1. The minimum absolute atomic E-state index is 0.232. The van der Waals surface area contributed by atoms with Crippen LogP contribution in [0.5, 0.6) is 0 Å². The molecule has 3 rings (SSSR count). The number of aromatic amines is 1. The predicted molar refractivity (Wildman–Crippen MR) is 100 cm³/mol. The van der Waals surface area contributed by atoms with Crippen LogP contribution >= 0.6 is 34.5 Å². The second-order valence-corrected chi connectivity index (χ2v) is 7.70. The van der Waals surface area contributed by atoms with E-state index >= 15 is 0 Å². The van der Waals surface area contributed by atoms with E-state index in [0.29, 0.717) is 26.1 Å². The fraction of sp³-hybridized carbons (Fsp3) is 0.235. The molecule has 0 spiro atoms. The van der Waals surface area contributed by atoms with Gasteiger partial charge in [0.2, 0.25) is 0 Å². The van der Waals surface area contributed by atoms with Crippen molar-refractivity contribution in [3.05, 3.63) is 60.4 Å². The van der Waals surface area contributed by atoms with Crippen LogP contribution < -0.4 is 5.56 Å². The summed E-state index contributed by atoms with van der Waals surface area (Å²) in [6, 6.07) is 4.46. The zero-order valence-electron chi connectivity index (χ0n) is 13.6. The number of benzene rings is 1. The molecule has 0 bridgehead atoms. The van der Waals surface area contributed by atoms with Crippen molar-refractivity contribution >= 4 is 50.7 Å². The van der Waals surface area contributed by atoms with Crippen LogP contribution in [0, 0.1) is 13.8 Å². The summed E-state index contributed by atoms with van der Waals surface area (Å²) in [4.78, 5) is 33.4. The van der Waals surface area contributed by atoms with Crippen LogP contribution in [-0.2, 0) is 4.74 Å².